The van der Waals surface area contributed by atoms with Gasteiger partial charge in [0.1, 0.15) is 6.04 Å². The van der Waals surface area contributed by atoms with E-state index in [1.807, 2.05) is 6.07 Å². The predicted octanol–water partition coefficient (Wildman–Crippen LogP) is 2.47. The molecule has 2 N–H and O–H groups in total. The van der Waals surface area contributed by atoms with Gasteiger partial charge in [0.05, 0.1) is 0 Å². The fraction of sp³-hybridized carbons (Fsp3) is 0.591. The van der Waals surface area contributed by atoms with E-state index in [-0.39, 0.29) is 35.2 Å². The normalized spacial score (nSPS) is 26.9. The van der Waals surface area contributed by atoms with Crippen LogP contribution in [0.4, 0.5) is 0 Å². The monoisotopic (exact) mass is 383 g/mol. The zero-order valence-electron chi connectivity index (χ0n) is 17.1. The van der Waals surface area contributed by atoms with E-state index in [1.165, 1.54) is 5.56 Å². The molecule has 150 valence electrons. The van der Waals surface area contributed by atoms with E-state index in [2.05, 4.69) is 50.5 Å². The summed E-state index contributed by atoms with van der Waals surface area (Å²) in [6, 6.07) is 5.59. The number of carbonyl (C=O) groups is 3. The maximum absolute atomic E-state index is 12.9. The highest BCUT2D eigenvalue weighted by atomic mass is 16.2. The minimum absolute atomic E-state index is 0.0556. The van der Waals surface area contributed by atoms with E-state index in [1.54, 1.807) is 4.90 Å². The molecular weight excluding hydrogens is 354 g/mol. The summed E-state index contributed by atoms with van der Waals surface area (Å²) in [5.74, 6) is -0.304. The van der Waals surface area contributed by atoms with Gasteiger partial charge in [-0.25, -0.2) is 0 Å². The maximum Gasteiger partial charge on any atom is 0.255 e. The molecule has 0 aromatic heterocycles. The Balaban J connectivity index is 1.57. The molecule has 1 aromatic carbocycles. The van der Waals surface area contributed by atoms with Gasteiger partial charge in [-0.05, 0) is 70.1 Å². The predicted molar refractivity (Wildman–Crippen MR) is 106 cm³/mol. The van der Waals surface area contributed by atoms with Crippen molar-refractivity contribution in [2.75, 3.05) is 0 Å². The van der Waals surface area contributed by atoms with Crippen LogP contribution in [-0.4, -0.2) is 39.7 Å². The number of carbonyl (C=O) groups excluding carboxylic acids is 3. The first kappa shape index (κ1) is 19.1. The lowest BCUT2D eigenvalue weighted by Crippen LogP contribution is -2.57. The molecule has 1 aromatic rings. The van der Waals surface area contributed by atoms with Crippen LogP contribution in [0.15, 0.2) is 18.2 Å². The van der Waals surface area contributed by atoms with Crippen LogP contribution < -0.4 is 10.6 Å². The average molecular weight is 383 g/mol. The summed E-state index contributed by atoms with van der Waals surface area (Å²) in [5.41, 5.74) is 3.04. The van der Waals surface area contributed by atoms with Gasteiger partial charge in [0.15, 0.2) is 0 Å². The molecule has 0 spiro atoms. The van der Waals surface area contributed by atoms with E-state index in [4.69, 9.17) is 0 Å². The number of rotatable bonds is 2. The molecule has 28 heavy (non-hydrogen) atoms. The molecule has 1 unspecified atom stereocenters. The summed E-state index contributed by atoms with van der Waals surface area (Å²) in [5, 5.41) is 6.07. The van der Waals surface area contributed by atoms with Gasteiger partial charge in [-0.3, -0.25) is 19.7 Å². The van der Waals surface area contributed by atoms with Crippen LogP contribution in [0.25, 0.3) is 0 Å². The highest BCUT2D eigenvalue weighted by molar-refractivity contribution is 6.05. The van der Waals surface area contributed by atoms with Crippen molar-refractivity contribution in [3.63, 3.8) is 0 Å². The number of benzene rings is 1. The second-order valence-electron chi connectivity index (χ2n) is 9.81. The van der Waals surface area contributed by atoms with Crippen molar-refractivity contribution in [2.45, 2.75) is 83.0 Å². The Morgan fingerprint density at radius 2 is 1.71 bits per heavy atom. The zero-order chi connectivity index (χ0) is 20.3. The average Bonchev–Trinajstić information content (AvgIpc) is 2.88. The number of fused-ring (bicyclic) bond motifs is 1. The lowest BCUT2D eigenvalue weighted by molar-refractivity contribution is -0.136. The second kappa shape index (κ2) is 6.41. The van der Waals surface area contributed by atoms with Crippen molar-refractivity contribution in [2.24, 2.45) is 0 Å². The van der Waals surface area contributed by atoms with Crippen molar-refractivity contribution in [1.82, 2.24) is 15.5 Å². The topological polar surface area (TPSA) is 78.5 Å². The van der Waals surface area contributed by atoms with Crippen LogP contribution in [0.5, 0.6) is 0 Å². The Morgan fingerprint density at radius 3 is 2.36 bits per heavy atom. The van der Waals surface area contributed by atoms with Crippen LogP contribution in [0, 0.1) is 0 Å². The molecule has 0 aliphatic carbocycles. The SMILES string of the molecule is CC1(C)CC(c2ccc3c(c2)CN(C2CCC(=O)NC2=O)C3=O)CC(C)(C)N1. The van der Waals surface area contributed by atoms with Gasteiger partial charge < -0.3 is 10.2 Å². The van der Waals surface area contributed by atoms with E-state index in [9.17, 15) is 14.4 Å². The van der Waals surface area contributed by atoms with E-state index in [0.717, 1.165) is 18.4 Å². The molecule has 2 fully saturated rings. The Morgan fingerprint density at radius 1 is 1.04 bits per heavy atom. The highest BCUT2D eigenvalue weighted by Gasteiger charge is 2.41. The van der Waals surface area contributed by atoms with Gasteiger partial charge in [0, 0.05) is 29.6 Å². The first-order valence-corrected chi connectivity index (χ1v) is 10.1. The first-order chi connectivity index (χ1) is 13.0. The standard InChI is InChI=1S/C22H29N3O3/c1-21(2)10-15(11-22(3,4)24-21)13-5-6-16-14(9-13)12-25(20(16)28)17-7-8-18(26)23-19(17)27/h5-6,9,15,17,24H,7-8,10-12H2,1-4H3,(H,23,26,27). The highest BCUT2D eigenvalue weighted by Crippen LogP contribution is 2.40. The van der Waals surface area contributed by atoms with Crippen molar-refractivity contribution >= 4 is 17.7 Å². The van der Waals surface area contributed by atoms with Crippen molar-refractivity contribution < 1.29 is 14.4 Å². The van der Waals surface area contributed by atoms with Crippen LogP contribution in [0.3, 0.4) is 0 Å². The summed E-state index contributed by atoms with van der Waals surface area (Å²) in [6.45, 7) is 9.39. The number of nitrogens with zero attached hydrogens (tertiary/aromatic N) is 1. The van der Waals surface area contributed by atoms with E-state index in [0.29, 0.717) is 24.4 Å². The van der Waals surface area contributed by atoms with Crippen molar-refractivity contribution in [3.8, 4) is 0 Å². The molecule has 0 saturated carbocycles. The maximum atomic E-state index is 12.9. The Kier molecular flexibility index (Phi) is 4.38. The minimum Gasteiger partial charge on any atom is -0.322 e. The summed E-state index contributed by atoms with van der Waals surface area (Å²) in [7, 11) is 0. The van der Waals surface area contributed by atoms with Crippen LogP contribution in [0.2, 0.25) is 0 Å². The molecule has 3 aliphatic heterocycles. The first-order valence-electron chi connectivity index (χ1n) is 10.1. The minimum atomic E-state index is -0.558. The number of piperidine rings is 2. The van der Waals surface area contributed by atoms with Crippen LogP contribution in [0.1, 0.15) is 80.8 Å². The van der Waals surface area contributed by atoms with E-state index < -0.39 is 6.04 Å². The number of hydrogen-bond donors (Lipinski definition) is 2. The third-order valence-electron chi connectivity index (χ3n) is 6.21. The number of hydrogen-bond acceptors (Lipinski definition) is 4. The van der Waals surface area contributed by atoms with Gasteiger partial charge in [-0.15, -0.1) is 0 Å². The molecule has 3 aliphatic rings. The van der Waals surface area contributed by atoms with Crippen molar-refractivity contribution in [3.05, 3.63) is 34.9 Å². The molecule has 3 heterocycles. The molecule has 0 radical (unpaired) electrons. The lowest BCUT2D eigenvalue weighted by atomic mass is 9.73. The van der Waals surface area contributed by atoms with Crippen LogP contribution >= 0.6 is 0 Å². The van der Waals surface area contributed by atoms with E-state index >= 15 is 0 Å². The quantitative estimate of drug-likeness (QED) is 0.769. The Hall–Kier alpha value is -2.21. The molecule has 6 heteroatoms. The van der Waals surface area contributed by atoms with Crippen molar-refractivity contribution in [1.29, 1.82) is 0 Å². The number of amides is 3. The largest absolute Gasteiger partial charge is 0.322 e. The second-order valence-corrected chi connectivity index (χ2v) is 9.81. The number of imide groups is 1. The molecular formula is C22H29N3O3. The fourth-order valence-corrected chi connectivity index (χ4v) is 5.41. The molecule has 3 amide bonds. The van der Waals surface area contributed by atoms with Crippen LogP contribution in [-0.2, 0) is 16.1 Å². The van der Waals surface area contributed by atoms with Gasteiger partial charge in [0.25, 0.3) is 5.91 Å². The Labute approximate surface area is 166 Å². The lowest BCUT2D eigenvalue weighted by Gasteiger charge is -2.46. The fourth-order valence-electron chi connectivity index (χ4n) is 5.41. The molecule has 1 atom stereocenters. The van der Waals surface area contributed by atoms with Gasteiger partial charge in [0.2, 0.25) is 11.8 Å². The smallest absolute Gasteiger partial charge is 0.255 e. The summed E-state index contributed by atoms with van der Waals surface area (Å²) < 4.78 is 0. The summed E-state index contributed by atoms with van der Waals surface area (Å²) in [6.07, 6.45) is 2.76. The number of nitrogens with one attached hydrogen (secondary N) is 2. The summed E-state index contributed by atoms with van der Waals surface area (Å²) >= 11 is 0. The molecule has 6 nitrogen and oxygen atoms in total. The van der Waals surface area contributed by atoms with Gasteiger partial charge in [-0.2, -0.15) is 0 Å². The molecule has 0 bridgehead atoms. The van der Waals surface area contributed by atoms with Gasteiger partial charge in [-0.1, -0.05) is 12.1 Å². The molecule has 2 saturated heterocycles. The summed E-state index contributed by atoms with van der Waals surface area (Å²) in [4.78, 5) is 38.1. The molecule has 4 rings (SSSR count). The third-order valence-corrected chi connectivity index (χ3v) is 6.21. The Bertz CT molecular complexity index is 843. The third kappa shape index (κ3) is 3.46. The zero-order valence-corrected chi connectivity index (χ0v) is 17.1. The van der Waals surface area contributed by atoms with Gasteiger partial charge >= 0.3 is 0 Å².